The summed E-state index contributed by atoms with van der Waals surface area (Å²) < 4.78 is 25.9. The molecule has 1 fully saturated rings. The molecule has 0 saturated heterocycles. The van der Waals surface area contributed by atoms with E-state index in [0.717, 1.165) is 11.1 Å². The molecule has 1 aliphatic rings. The van der Waals surface area contributed by atoms with E-state index in [0.29, 0.717) is 11.4 Å². The topological polar surface area (TPSA) is 65.8 Å². The van der Waals surface area contributed by atoms with E-state index in [-0.39, 0.29) is 5.69 Å². The molecule has 1 heterocycles. The second kappa shape index (κ2) is 5.43. The summed E-state index contributed by atoms with van der Waals surface area (Å²) in [6.07, 6.45) is -0.399. The normalized spacial score (nSPS) is 18.1. The smallest absolute Gasteiger partial charge is 0.260 e. The van der Waals surface area contributed by atoms with E-state index in [1.807, 2.05) is 13.0 Å². The van der Waals surface area contributed by atoms with E-state index < -0.39 is 24.2 Å². The first-order valence-electron chi connectivity index (χ1n) is 7.07. The monoisotopic (exact) mass is 313 g/mol. The fourth-order valence-electron chi connectivity index (χ4n) is 2.35. The lowest BCUT2D eigenvalue weighted by Crippen LogP contribution is -2.17. The Labute approximate surface area is 131 Å². The molecule has 6 heteroatoms. The number of hydrogen-bond acceptors (Lipinski definition) is 3. The maximum Gasteiger partial charge on any atom is 0.260 e. The van der Waals surface area contributed by atoms with Crippen LogP contribution in [0.4, 0.5) is 14.5 Å². The van der Waals surface area contributed by atoms with Gasteiger partial charge in [0.2, 0.25) is 5.91 Å². The van der Waals surface area contributed by atoms with Crippen LogP contribution in [0.15, 0.2) is 36.4 Å². The molecule has 23 heavy (non-hydrogen) atoms. The summed E-state index contributed by atoms with van der Waals surface area (Å²) in [6, 6.07) is 12.2. The molecule has 3 rings (SSSR count). The van der Waals surface area contributed by atoms with Crippen molar-refractivity contribution in [2.45, 2.75) is 19.3 Å². The van der Waals surface area contributed by atoms with Gasteiger partial charge in [-0.25, -0.2) is 13.8 Å². The predicted octanol–water partition coefficient (Wildman–Crippen LogP) is 3.52. The van der Waals surface area contributed by atoms with Crippen molar-refractivity contribution in [2.75, 3.05) is 5.32 Å². The quantitative estimate of drug-likeness (QED) is 0.943. The molecule has 1 N–H and O–H groups in total. The summed E-state index contributed by atoms with van der Waals surface area (Å²) in [4.78, 5) is 16.0. The number of anilines is 1. The second-order valence-electron chi connectivity index (χ2n) is 5.56. The highest BCUT2D eigenvalue weighted by Gasteiger charge is 2.61. The minimum absolute atomic E-state index is 0.286. The Kier molecular flexibility index (Phi) is 3.57. The number of nitrogens with zero attached hydrogens (tertiary/aromatic N) is 2. The number of rotatable bonds is 3. The summed E-state index contributed by atoms with van der Waals surface area (Å²) in [5.74, 6) is -4.81. The number of hydrogen-bond donors (Lipinski definition) is 1. The number of carbonyl (C=O) groups excluding carboxylic acids is 1. The summed E-state index contributed by atoms with van der Waals surface area (Å²) in [5.41, 5.74) is 2.95. The third-order valence-corrected chi connectivity index (χ3v) is 3.79. The minimum Gasteiger partial charge on any atom is -0.326 e. The first kappa shape index (κ1) is 15.1. The molecule has 1 amide bonds. The van der Waals surface area contributed by atoms with Crippen LogP contribution in [-0.2, 0) is 4.79 Å². The van der Waals surface area contributed by atoms with Gasteiger partial charge < -0.3 is 5.32 Å². The first-order chi connectivity index (χ1) is 10.9. The van der Waals surface area contributed by atoms with Crippen molar-refractivity contribution in [3.63, 3.8) is 0 Å². The number of aromatic nitrogens is 1. The third kappa shape index (κ3) is 3.04. The Morgan fingerprint density at radius 3 is 2.78 bits per heavy atom. The zero-order valence-corrected chi connectivity index (χ0v) is 12.3. The number of nitriles is 1. The van der Waals surface area contributed by atoms with Crippen molar-refractivity contribution >= 4 is 11.6 Å². The SMILES string of the molecule is Cc1ccc(NC(=O)[C@H]2CC2(F)F)cc1-c1cccc(C#N)n1. The molecule has 0 unspecified atom stereocenters. The van der Waals surface area contributed by atoms with Crippen molar-refractivity contribution < 1.29 is 13.6 Å². The van der Waals surface area contributed by atoms with Gasteiger partial charge in [0.1, 0.15) is 17.7 Å². The van der Waals surface area contributed by atoms with Crippen LogP contribution in [0, 0.1) is 24.2 Å². The van der Waals surface area contributed by atoms with Gasteiger partial charge in [-0.2, -0.15) is 5.26 Å². The summed E-state index contributed by atoms with van der Waals surface area (Å²) in [6.45, 7) is 1.87. The van der Waals surface area contributed by atoms with Gasteiger partial charge in [0.25, 0.3) is 5.92 Å². The lowest BCUT2D eigenvalue weighted by molar-refractivity contribution is -0.119. The Hall–Kier alpha value is -2.81. The Balaban J connectivity index is 1.87. The van der Waals surface area contributed by atoms with Gasteiger partial charge >= 0.3 is 0 Å². The van der Waals surface area contributed by atoms with Crippen molar-refractivity contribution in [2.24, 2.45) is 5.92 Å². The van der Waals surface area contributed by atoms with Crippen molar-refractivity contribution in [3.05, 3.63) is 47.7 Å². The molecular weight excluding hydrogens is 300 g/mol. The lowest BCUT2D eigenvalue weighted by Gasteiger charge is -2.10. The zero-order chi connectivity index (χ0) is 16.6. The van der Waals surface area contributed by atoms with Crippen LogP contribution in [0.2, 0.25) is 0 Å². The fourth-order valence-corrected chi connectivity index (χ4v) is 2.35. The second-order valence-corrected chi connectivity index (χ2v) is 5.56. The molecule has 1 aliphatic carbocycles. The number of halogens is 2. The Morgan fingerprint density at radius 2 is 2.13 bits per heavy atom. The molecule has 0 bridgehead atoms. The van der Waals surface area contributed by atoms with Crippen LogP contribution in [0.3, 0.4) is 0 Å². The molecule has 1 aromatic heterocycles. The summed E-state index contributed by atoms with van der Waals surface area (Å²) in [7, 11) is 0. The van der Waals surface area contributed by atoms with E-state index in [2.05, 4.69) is 10.3 Å². The molecule has 0 spiro atoms. The van der Waals surface area contributed by atoms with Gasteiger partial charge in [0.05, 0.1) is 5.69 Å². The van der Waals surface area contributed by atoms with Gasteiger partial charge in [-0.1, -0.05) is 12.1 Å². The highest BCUT2D eigenvalue weighted by molar-refractivity contribution is 5.95. The number of nitrogens with one attached hydrogen (secondary N) is 1. The number of benzene rings is 1. The molecule has 1 saturated carbocycles. The largest absolute Gasteiger partial charge is 0.326 e. The van der Waals surface area contributed by atoms with Gasteiger partial charge in [-0.3, -0.25) is 4.79 Å². The van der Waals surface area contributed by atoms with Crippen LogP contribution in [-0.4, -0.2) is 16.8 Å². The van der Waals surface area contributed by atoms with E-state index in [9.17, 15) is 13.6 Å². The van der Waals surface area contributed by atoms with Gasteiger partial charge in [-0.05, 0) is 36.8 Å². The van der Waals surface area contributed by atoms with Gasteiger partial charge in [0.15, 0.2) is 0 Å². The fraction of sp³-hybridized carbons (Fsp3) is 0.235. The summed E-state index contributed by atoms with van der Waals surface area (Å²) in [5, 5.41) is 11.4. The zero-order valence-electron chi connectivity index (χ0n) is 12.3. The first-order valence-corrected chi connectivity index (χ1v) is 7.07. The van der Waals surface area contributed by atoms with Crippen LogP contribution in [0.5, 0.6) is 0 Å². The molecule has 2 aromatic rings. The van der Waals surface area contributed by atoms with Crippen molar-refractivity contribution in [1.82, 2.24) is 4.98 Å². The average Bonchev–Trinajstić information content (AvgIpc) is 3.18. The number of carbonyl (C=O) groups is 1. The molecule has 1 atom stereocenters. The molecule has 116 valence electrons. The molecule has 0 radical (unpaired) electrons. The van der Waals surface area contributed by atoms with Gasteiger partial charge in [-0.15, -0.1) is 0 Å². The van der Waals surface area contributed by atoms with Crippen LogP contribution in [0.25, 0.3) is 11.3 Å². The number of amides is 1. The van der Waals surface area contributed by atoms with Crippen molar-refractivity contribution in [3.8, 4) is 17.3 Å². The number of aryl methyl sites for hydroxylation is 1. The lowest BCUT2D eigenvalue weighted by atomic mass is 10.0. The minimum atomic E-state index is -2.89. The molecular formula is C17H13F2N3O. The third-order valence-electron chi connectivity index (χ3n) is 3.79. The van der Waals surface area contributed by atoms with E-state index in [1.54, 1.807) is 36.4 Å². The Bertz CT molecular complexity index is 827. The molecule has 0 aliphatic heterocycles. The number of alkyl halides is 2. The standard InChI is InChI=1S/C17H13F2N3O/c1-10-5-6-11(22-16(23)14-8-17(14,18)19)7-13(10)15-4-2-3-12(9-20)21-15/h2-7,14H,8H2,1H3,(H,22,23)/t14-/m1/s1. The van der Waals surface area contributed by atoms with E-state index in [4.69, 9.17) is 5.26 Å². The van der Waals surface area contributed by atoms with Crippen LogP contribution < -0.4 is 5.32 Å². The highest BCUT2D eigenvalue weighted by atomic mass is 19.3. The maximum absolute atomic E-state index is 12.9. The molecule has 1 aromatic carbocycles. The van der Waals surface area contributed by atoms with Crippen LogP contribution in [0.1, 0.15) is 17.7 Å². The van der Waals surface area contributed by atoms with E-state index >= 15 is 0 Å². The maximum atomic E-state index is 12.9. The van der Waals surface area contributed by atoms with E-state index in [1.165, 1.54) is 0 Å². The Morgan fingerprint density at radius 1 is 1.39 bits per heavy atom. The van der Waals surface area contributed by atoms with Crippen molar-refractivity contribution in [1.29, 1.82) is 5.26 Å². The van der Waals surface area contributed by atoms with Gasteiger partial charge in [0, 0.05) is 17.7 Å². The summed E-state index contributed by atoms with van der Waals surface area (Å²) >= 11 is 0. The molecule has 4 nitrogen and oxygen atoms in total. The number of pyridine rings is 1. The highest BCUT2D eigenvalue weighted by Crippen LogP contribution is 2.49. The van der Waals surface area contributed by atoms with Crippen LogP contribution >= 0.6 is 0 Å². The predicted molar refractivity (Wildman–Crippen MR) is 80.8 cm³/mol. The average molecular weight is 313 g/mol.